The Morgan fingerprint density at radius 1 is 1.13 bits per heavy atom. The summed E-state index contributed by atoms with van der Waals surface area (Å²) in [5.74, 6) is -2.35. The first-order valence-corrected chi connectivity index (χ1v) is 13.8. The lowest BCUT2D eigenvalue weighted by atomic mass is 9.73. The number of hydrogen-bond acceptors (Lipinski definition) is 6. The van der Waals surface area contributed by atoms with Crippen LogP contribution in [0.25, 0.3) is 0 Å². The smallest absolute Gasteiger partial charge is 0.292 e. The monoisotopic (exact) mass is 551 g/mol. The van der Waals surface area contributed by atoms with Crippen molar-refractivity contribution >= 4 is 41.1 Å². The number of alkyl halides is 1. The molecule has 0 aromatic rings. The van der Waals surface area contributed by atoms with Crippen LogP contribution in [0.5, 0.6) is 0 Å². The van der Waals surface area contributed by atoms with E-state index in [0.29, 0.717) is 30.7 Å². The minimum Gasteiger partial charge on any atom is -0.333 e. The van der Waals surface area contributed by atoms with Crippen LogP contribution in [0.4, 0.5) is 4.39 Å². The number of amides is 2. The highest BCUT2D eigenvalue weighted by Crippen LogP contribution is 2.40. The number of carbonyl (C=O) groups excluding carboxylic acids is 2. The van der Waals surface area contributed by atoms with Gasteiger partial charge in [-0.25, -0.2) is 4.39 Å². The molecule has 0 aliphatic heterocycles. The lowest BCUT2D eigenvalue weighted by Gasteiger charge is -2.41. The largest absolute Gasteiger partial charge is 0.333 e. The molecule has 2 saturated carbocycles. The Labute approximate surface area is 230 Å². The Balaban J connectivity index is 2.38. The summed E-state index contributed by atoms with van der Waals surface area (Å²) in [7, 11) is 0. The highest BCUT2D eigenvalue weighted by Gasteiger charge is 2.42. The summed E-state index contributed by atoms with van der Waals surface area (Å²) in [4.78, 5) is 43.0. The number of allylic oxidation sites excluding steroid dienone is 1. The first-order valence-electron chi connectivity index (χ1n) is 13.4. The van der Waals surface area contributed by atoms with Gasteiger partial charge in [0.2, 0.25) is 5.91 Å². The summed E-state index contributed by atoms with van der Waals surface area (Å²) < 4.78 is 15.6. The SMILES string of the molecule is C/C(Cl)=C/C(=N)CN(C(=O)C(C=N)C(=NC1CCC(C)(C(=O)N=O)CC1)C(C)(C)F)C1CCC(C)(C)CC1. The van der Waals surface area contributed by atoms with Crippen molar-refractivity contribution in [2.24, 2.45) is 26.9 Å². The molecule has 2 fully saturated rings. The molecule has 10 heteroatoms. The van der Waals surface area contributed by atoms with E-state index in [4.69, 9.17) is 22.4 Å². The minimum atomic E-state index is -1.97. The van der Waals surface area contributed by atoms with Gasteiger partial charge in [-0.2, -0.15) is 0 Å². The van der Waals surface area contributed by atoms with Gasteiger partial charge in [0.1, 0.15) is 11.6 Å². The molecule has 0 aromatic carbocycles. The van der Waals surface area contributed by atoms with Gasteiger partial charge in [0.25, 0.3) is 5.91 Å². The summed E-state index contributed by atoms with van der Waals surface area (Å²) in [6.45, 7) is 10.4. The zero-order valence-corrected chi connectivity index (χ0v) is 24.3. The van der Waals surface area contributed by atoms with Crippen LogP contribution in [0.15, 0.2) is 21.3 Å². The van der Waals surface area contributed by atoms with Crippen molar-refractivity contribution in [1.29, 1.82) is 10.8 Å². The standard InChI is InChI=1S/C28H43ClFN5O3/c1-18(29)15-19(32)17-35(21-9-11-26(2,3)12-10-21)24(36)22(16-31)23(27(4,5)30)33-20-7-13-28(6,14-8-20)25(37)34-38/h15-16,20-22,31-32H,7-14,17H2,1-6H3/b18-15-,31-16?,32-19?,33-23?. The number of halogens is 2. The number of rotatable bonds is 10. The zero-order chi connectivity index (χ0) is 28.9. The zero-order valence-electron chi connectivity index (χ0n) is 23.6. The van der Waals surface area contributed by atoms with Crippen molar-refractivity contribution < 1.29 is 14.0 Å². The summed E-state index contributed by atoms with van der Waals surface area (Å²) >= 11 is 5.98. The van der Waals surface area contributed by atoms with Crippen molar-refractivity contribution in [3.05, 3.63) is 16.0 Å². The third-order valence-corrected chi connectivity index (χ3v) is 8.17. The second-order valence-corrected chi connectivity index (χ2v) is 13.0. The van der Waals surface area contributed by atoms with E-state index in [1.807, 2.05) is 0 Å². The maximum absolute atomic E-state index is 15.6. The molecule has 0 radical (unpaired) electrons. The highest BCUT2D eigenvalue weighted by molar-refractivity contribution is 6.31. The molecule has 38 heavy (non-hydrogen) atoms. The first kappa shape index (κ1) is 31.9. The van der Waals surface area contributed by atoms with Crippen LogP contribution >= 0.6 is 11.6 Å². The van der Waals surface area contributed by atoms with Gasteiger partial charge in [-0.3, -0.25) is 14.6 Å². The molecule has 2 aliphatic carbocycles. The van der Waals surface area contributed by atoms with Gasteiger partial charge >= 0.3 is 0 Å². The van der Waals surface area contributed by atoms with Crippen molar-refractivity contribution in [2.45, 2.75) is 111 Å². The van der Waals surface area contributed by atoms with Crippen LogP contribution in [0.1, 0.15) is 92.9 Å². The van der Waals surface area contributed by atoms with Crippen LogP contribution in [0, 0.1) is 32.5 Å². The number of nitrogens with zero attached hydrogens (tertiary/aromatic N) is 3. The van der Waals surface area contributed by atoms with Gasteiger partial charge < -0.3 is 15.7 Å². The van der Waals surface area contributed by atoms with E-state index in [0.717, 1.165) is 31.9 Å². The van der Waals surface area contributed by atoms with E-state index in [9.17, 15) is 14.5 Å². The van der Waals surface area contributed by atoms with Crippen molar-refractivity contribution in [1.82, 2.24) is 4.90 Å². The maximum Gasteiger partial charge on any atom is 0.292 e. The fraction of sp³-hybridized carbons (Fsp3) is 0.750. The van der Waals surface area contributed by atoms with Crippen LogP contribution < -0.4 is 0 Å². The summed E-state index contributed by atoms with van der Waals surface area (Å²) in [5.41, 5.74) is -2.52. The number of carbonyl (C=O) groups is 2. The van der Waals surface area contributed by atoms with Crippen LogP contribution in [-0.2, 0) is 9.59 Å². The molecule has 0 bridgehead atoms. The molecule has 1 unspecified atom stereocenters. The Bertz CT molecular complexity index is 979. The average Bonchev–Trinajstić information content (AvgIpc) is 2.82. The highest BCUT2D eigenvalue weighted by atomic mass is 35.5. The van der Waals surface area contributed by atoms with Gasteiger partial charge in [-0.1, -0.05) is 32.4 Å². The van der Waals surface area contributed by atoms with E-state index in [1.54, 1.807) is 18.7 Å². The molecule has 8 nitrogen and oxygen atoms in total. The number of nitrogens with one attached hydrogen (secondary N) is 2. The summed E-state index contributed by atoms with van der Waals surface area (Å²) in [6, 6.07) is -0.476. The third-order valence-electron chi connectivity index (χ3n) is 8.06. The van der Waals surface area contributed by atoms with Crippen molar-refractivity contribution in [3.8, 4) is 0 Å². The number of nitroso groups, excluding NO2 is 1. The second-order valence-electron chi connectivity index (χ2n) is 12.4. The molecule has 2 amide bonds. The Morgan fingerprint density at radius 2 is 1.68 bits per heavy atom. The summed E-state index contributed by atoms with van der Waals surface area (Å²) in [6.07, 6.45) is 7.46. The molecule has 1 atom stereocenters. The first-order chi connectivity index (χ1) is 17.5. The minimum absolute atomic E-state index is 0.0148. The lowest BCUT2D eigenvalue weighted by Crippen LogP contribution is -2.52. The van der Waals surface area contributed by atoms with Gasteiger partial charge in [-0.05, 0) is 83.6 Å². The second kappa shape index (κ2) is 12.7. The van der Waals surface area contributed by atoms with E-state index in [-0.39, 0.29) is 35.5 Å². The fourth-order valence-corrected chi connectivity index (χ4v) is 5.62. The summed E-state index contributed by atoms with van der Waals surface area (Å²) in [5, 5.41) is 19.5. The van der Waals surface area contributed by atoms with Crippen LogP contribution in [0.3, 0.4) is 0 Å². The van der Waals surface area contributed by atoms with Crippen molar-refractivity contribution in [3.63, 3.8) is 0 Å². The normalized spacial score (nSPS) is 25.8. The number of hydrogen-bond donors (Lipinski definition) is 2. The molecule has 2 aliphatic rings. The lowest BCUT2D eigenvalue weighted by molar-refractivity contribution is -0.134. The van der Waals surface area contributed by atoms with Crippen molar-refractivity contribution in [2.75, 3.05) is 6.54 Å². The van der Waals surface area contributed by atoms with E-state index < -0.39 is 28.8 Å². The third kappa shape index (κ3) is 8.35. The Hall–Kier alpha value is -2.29. The molecular formula is C28H43ClFN5O3. The molecule has 212 valence electrons. The van der Waals surface area contributed by atoms with E-state index in [2.05, 4.69) is 24.0 Å². The molecular weight excluding hydrogens is 509 g/mol. The van der Waals surface area contributed by atoms with Crippen LogP contribution in [0.2, 0.25) is 0 Å². The molecule has 2 N–H and O–H groups in total. The quantitative estimate of drug-likeness (QED) is 0.233. The predicted molar refractivity (Wildman–Crippen MR) is 151 cm³/mol. The Morgan fingerprint density at radius 3 is 2.13 bits per heavy atom. The molecule has 2 rings (SSSR count). The molecule has 0 saturated heterocycles. The van der Waals surface area contributed by atoms with E-state index >= 15 is 4.39 Å². The maximum atomic E-state index is 15.6. The fourth-order valence-electron chi connectivity index (χ4n) is 5.49. The Kier molecular flexibility index (Phi) is 10.7. The predicted octanol–water partition coefficient (Wildman–Crippen LogP) is 6.64. The molecule has 0 spiro atoms. The van der Waals surface area contributed by atoms with Crippen LogP contribution in [-0.4, -0.2) is 58.6 Å². The average molecular weight is 552 g/mol. The van der Waals surface area contributed by atoms with Gasteiger partial charge in [-0.15, -0.1) is 4.91 Å². The molecule has 0 heterocycles. The molecule has 0 aromatic heterocycles. The number of aliphatic imine (C=N–C) groups is 1. The van der Waals surface area contributed by atoms with Gasteiger partial charge in [0, 0.05) is 22.5 Å². The topological polar surface area (TPSA) is 127 Å². The van der Waals surface area contributed by atoms with Gasteiger partial charge in [0.15, 0.2) is 0 Å². The van der Waals surface area contributed by atoms with E-state index in [1.165, 1.54) is 19.9 Å². The van der Waals surface area contributed by atoms with Gasteiger partial charge in [0.05, 0.1) is 29.4 Å².